The van der Waals surface area contributed by atoms with Gasteiger partial charge in [0.1, 0.15) is 5.52 Å². The number of fused-ring (bicyclic) bond motifs is 3. The molecule has 2 aromatic carbocycles. The number of hydrogen-bond acceptors (Lipinski definition) is 5. The number of nitroso groups, excluding NO2 is 1. The fourth-order valence-corrected chi connectivity index (χ4v) is 4.07. The Morgan fingerprint density at radius 2 is 1.88 bits per heavy atom. The van der Waals surface area contributed by atoms with Gasteiger partial charge < -0.3 is 15.2 Å². The summed E-state index contributed by atoms with van der Waals surface area (Å²) in [6.07, 6.45) is 3.50. The van der Waals surface area contributed by atoms with Crippen molar-refractivity contribution < 1.29 is 9.55 Å². The van der Waals surface area contributed by atoms with E-state index in [0.717, 1.165) is 46.1 Å². The monoisotopic (exact) mass is 431 g/mol. The lowest BCUT2D eigenvalue weighted by atomic mass is 10.1. The number of benzene rings is 2. The summed E-state index contributed by atoms with van der Waals surface area (Å²) < 4.78 is 2.94. The zero-order valence-corrected chi connectivity index (χ0v) is 18.4. The molecule has 0 unspecified atom stereocenters. The average Bonchev–Trinajstić information content (AvgIpc) is 3.21. The third-order valence-corrected chi connectivity index (χ3v) is 5.69. The van der Waals surface area contributed by atoms with Gasteiger partial charge in [0.05, 0.1) is 23.9 Å². The SMILES string of the molecule is CC(=O)N(CCCCn1cnc2c(N)nc3ccccc3c21)Cc1ccccc1[N+](C)=O. The van der Waals surface area contributed by atoms with Crippen molar-refractivity contribution in [3.8, 4) is 0 Å². The maximum atomic E-state index is 12.2. The second-order valence-corrected chi connectivity index (χ2v) is 7.92. The second-order valence-electron chi connectivity index (χ2n) is 7.92. The number of para-hydroxylation sites is 2. The molecule has 0 fully saturated rings. The number of nitrogen functional groups attached to an aromatic ring is 1. The lowest BCUT2D eigenvalue weighted by molar-refractivity contribution is -0.429. The van der Waals surface area contributed by atoms with E-state index in [1.54, 1.807) is 24.2 Å². The number of pyridine rings is 1. The molecular weight excluding hydrogens is 404 g/mol. The number of nitrogens with two attached hydrogens (primary N) is 1. The second kappa shape index (κ2) is 9.13. The number of nitrogens with zero attached hydrogens (tertiary/aromatic N) is 5. The molecule has 164 valence electrons. The van der Waals surface area contributed by atoms with Crippen molar-refractivity contribution in [3.63, 3.8) is 0 Å². The minimum atomic E-state index is -0.00808. The van der Waals surface area contributed by atoms with Gasteiger partial charge in [0, 0.05) is 46.7 Å². The predicted molar refractivity (Wildman–Crippen MR) is 125 cm³/mol. The van der Waals surface area contributed by atoms with E-state index < -0.39 is 0 Å². The molecule has 8 nitrogen and oxygen atoms in total. The molecule has 2 aromatic heterocycles. The summed E-state index contributed by atoms with van der Waals surface area (Å²) in [7, 11) is 1.47. The number of hydrogen-bond donors (Lipinski definition) is 1. The molecule has 2 N–H and O–H groups in total. The van der Waals surface area contributed by atoms with Gasteiger partial charge in [-0.1, -0.05) is 36.4 Å². The summed E-state index contributed by atoms with van der Waals surface area (Å²) in [6.45, 7) is 3.35. The first kappa shape index (κ1) is 21.4. The van der Waals surface area contributed by atoms with Crippen LogP contribution in [0.5, 0.6) is 0 Å². The number of anilines is 1. The molecular formula is C24H27N6O2+. The Morgan fingerprint density at radius 1 is 1.12 bits per heavy atom. The van der Waals surface area contributed by atoms with Gasteiger partial charge in [-0.05, 0) is 18.9 Å². The number of aromatic nitrogens is 3. The molecule has 0 saturated carbocycles. The average molecular weight is 432 g/mol. The first-order valence-electron chi connectivity index (χ1n) is 10.7. The van der Waals surface area contributed by atoms with Gasteiger partial charge in [-0.25, -0.2) is 9.97 Å². The van der Waals surface area contributed by atoms with Gasteiger partial charge in [0.25, 0.3) is 5.69 Å². The van der Waals surface area contributed by atoms with E-state index in [9.17, 15) is 9.70 Å². The first-order chi connectivity index (χ1) is 15.5. The molecule has 0 saturated heterocycles. The van der Waals surface area contributed by atoms with Crippen LogP contribution in [0.25, 0.3) is 21.9 Å². The van der Waals surface area contributed by atoms with Gasteiger partial charge in [0.2, 0.25) is 5.91 Å². The zero-order valence-electron chi connectivity index (χ0n) is 18.4. The van der Waals surface area contributed by atoms with Gasteiger partial charge in [-0.2, -0.15) is 0 Å². The predicted octanol–water partition coefficient (Wildman–Crippen LogP) is 4.04. The fraction of sp³-hybridized carbons (Fsp3) is 0.292. The smallest absolute Gasteiger partial charge is 0.260 e. The molecule has 0 aliphatic carbocycles. The summed E-state index contributed by atoms with van der Waals surface area (Å²) in [4.78, 5) is 34.7. The zero-order chi connectivity index (χ0) is 22.7. The van der Waals surface area contributed by atoms with Crippen molar-refractivity contribution in [1.82, 2.24) is 19.4 Å². The van der Waals surface area contributed by atoms with Crippen LogP contribution >= 0.6 is 0 Å². The Labute approximate surface area is 186 Å². The molecule has 0 radical (unpaired) electrons. The Balaban J connectivity index is 1.45. The summed E-state index contributed by atoms with van der Waals surface area (Å²) >= 11 is 0. The molecule has 2 heterocycles. The maximum Gasteiger partial charge on any atom is 0.260 e. The van der Waals surface area contributed by atoms with Crippen molar-refractivity contribution in [2.75, 3.05) is 19.3 Å². The van der Waals surface area contributed by atoms with E-state index in [1.165, 1.54) is 7.05 Å². The van der Waals surface area contributed by atoms with Crippen molar-refractivity contribution in [1.29, 1.82) is 0 Å². The van der Waals surface area contributed by atoms with Crippen molar-refractivity contribution in [3.05, 3.63) is 65.3 Å². The normalized spacial score (nSPS) is 11.2. The summed E-state index contributed by atoms with van der Waals surface area (Å²) in [6, 6.07) is 15.3. The first-order valence-corrected chi connectivity index (χ1v) is 10.7. The van der Waals surface area contributed by atoms with Crippen molar-refractivity contribution >= 4 is 39.3 Å². The van der Waals surface area contributed by atoms with Gasteiger partial charge in [-0.15, -0.1) is 0 Å². The minimum Gasteiger partial charge on any atom is -0.382 e. The van der Waals surface area contributed by atoms with Crippen LogP contribution in [-0.4, -0.2) is 43.7 Å². The Morgan fingerprint density at radius 3 is 2.66 bits per heavy atom. The van der Waals surface area contributed by atoms with Crippen LogP contribution in [-0.2, 0) is 17.9 Å². The molecule has 32 heavy (non-hydrogen) atoms. The van der Waals surface area contributed by atoms with Gasteiger partial charge >= 0.3 is 0 Å². The number of carbonyl (C=O) groups is 1. The van der Waals surface area contributed by atoms with Crippen LogP contribution in [0.15, 0.2) is 54.9 Å². The number of aryl methyl sites for hydroxylation is 1. The number of unbranched alkanes of at least 4 members (excludes halogenated alkanes) is 1. The van der Waals surface area contributed by atoms with E-state index in [0.29, 0.717) is 30.1 Å². The molecule has 0 aliphatic rings. The van der Waals surface area contributed by atoms with E-state index in [1.807, 2.05) is 42.5 Å². The van der Waals surface area contributed by atoms with Gasteiger partial charge in [-0.3, -0.25) is 4.79 Å². The summed E-state index contributed by atoms with van der Waals surface area (Å²) in [5.74, 6) is 0.425. The number of rotatable bonds is 8. The number of imidazole rings is 1. The highest BCUT2D eigenvalue weighted by Gasteiger charge is 2.18. The van der Waals surface area contributed by atoms with E-state index >= 15 is 0 Å². The van der Waals surface area contributed by atoms with Crippen LogP contribution in [0.3, 0.4) is 0 Å². The van der Waals surface area contributed by atoms with E-state index in [-0.39, 0.29) is 5.91 Å². The minimum absolute atomic E-state index is 0.00808. The molecule has 8 heteroatoms. The van der Waals surface area contributed by atoms with Crippen LogP contribution in [0.1, 0.15) is 25.3 Å². The molecule has 4 aromatic rings. The summed E-state index contributed by atoms with van der Waals surface area (Å²) in [5, 5.41) is 1.03. The molecule has 1 amide bonds. The van der Waals surface area contributed by atoms with Crippen LogP contribution in [0, 0.1) is 4.91 Å². The van der Waals surface area contributed by atoms with E-state index in [2.05, 4.69) is 14.5 Å². The quantitative estimate of drug-likeness (QED) is 0.335. The molecule has 0 spiro atoms. The lowest BCUT2D eigenvalue weighted by Crippen LogP contribution is -2.29. The highest BCUT2D eigenvalue weighted by molar-refractivity contribution is 6.06. The van der Waals surface area contributed by atoms with Crippen molar-refractivity contribution in [2.24, 2.45) is 0 Å². The number of carbonyl (C=O) groups excluding carboxylic acids is 1. The topological polar surface area (TPSA) is 97.1 Å². The maximum absolute atomic E-state index is 12.2. The number of amides is 1. The summed E-state index contributed by atoms with van der Waals surface area (Å²) in [5.41, 5.74) is 10.1. The van der Waals surface area contributed by atoms with Crippen LogP contribution in [0.2, 0.25) is 0 Å². The standard InChI is InChI=1S/C24H27N6O2/c1-17(31)29(15-18-9-3-6-12-21(18)28(2)32)13-7-8-14-30-16-26-22-23(30)19-10-4-5-11-20(19)27-24(22)25/h3-6,9-12,16H,7-8,13-15H2,1-2H3,(H2,25,27)/q+1. The Bertz CT molecular complexity index is 1300. The third kappa shape index (κ3) is 4.30. The Hall–Kier alpha value is -3.81. The highest BCUT2D eigenvalue weighted by Crippen LogP contribution is 2.27. The van der Waals surface area contributed by atoms with Crippen LogP contribution in [0.4, 0.5) is 11.5 Å². The van der Waals surface area contributed by atoms with Gasteiger partial charge in [0.15, 0.2) is 12.9 Å². The van der Waals surface area contributed by atoms with E-state index in [4.69, 9.17) is 5.73 Å². The van der Waals surface area contributed by atoms with Crippen molar-refractivity contribution in [2.45, 2.75) is 32.9 Å². The molecule has 0 aliphatic heterocycles. The van der Waals surface area contributed by atoms with Crippen LogP contribution < -0.4 is 5.73 Å². The largest absolute Gasteiger partial charge is 0.382 e. The highest BCUT2D eigenvalue weighted by atomic mass is 16.3. The molecule has 4 rings (SSSR count). The fourth-order valence-electron chi connectivity index (χ4n) is 4.07. The third-order valence-electron chi connectivity index (χ3n) is 5.69. The Kier molecular flexibility index (Phi) is 6.11. The molecule has 0 bridgehead atoms. The molecule has 0 atom stereocenters. The lowest BCUT2D eigenvalue weighted by Gasteiger charge is -2.21.